The van der Waals surface area contributed by atoms with Gasteiger partial charge in [-0.1, -0.05) is 36.4 Å². The molecule has 9 rings (SSSR count). The molecule has 5 aromatic rings. The van der Waals surface area contributed by atoms with Crippen molar-refractivity contribution >= 4 is 58.6 Å². The van der Waals surface area contributed by atoms with Gasteiger partial charge in [0, 0.05) is 55.1 Å². The summed E-state index contributed by atoms with van der Waals surface area (Å²) < 4.78 is 34.3. The molecule has 5 N–H and O–H groups in total. The van der Waals surface area contributed by atoms with E-state index in [9.17, 15) is 33.9 Å². The van der Waals surface area contributed by atoms with Gasteiger partial charge < -0.3 is 54.1 Å². The van der Waals surface area contributed by atoms with Crippen molar-refractivity contribution in [1.82, 2.24) is 35.3 Å². The molecule has 4 aliphatic heterocycles. The molecule has 3 aromatic carbocycles. The van der Waals surface area contributed by atoms with Crippen molar-refractivity contribution < 1.29 is 62.0 Å². The molecule has 4 aliphatic rings. The first kappa shape index (κ1) is 53.1. The molecule has 0 saturated carbocycles. The molecule has 23 nitrogen and oxygen atoms in total. The highest BCUT2D eigenvalue weighted by Gasteiger charge is 2.46. The van der Waals surface area contributed by atoms with Crippen LogP contribution in [0.25, 0.3) is 11.5 Å². The van der Waals surface area contributed by atoms with E-state index in [1.807, 2.05) is 55.1 Å². The minimum absolute atomic E-state index is 0.00522. The Morgan fingerprint density at radius 3 is 2.28 bits per heavy atom. The lowest BCUT2D eigenvalue weighted by atomic mass is 9.95. The van der Waals surface area contributed by atoms with Crippen molar-refractivity contribution in [1.29, 1.82) is 0 Å². The molecule has 2 unspecified atom stereocenters. The van der Waals surface area contributed by atoms with Crippen LogP contribution in [0.2, 0.25) is 0 Å². The first-order valence-electron chi connectivity index (χ1n) is 25.3. The summed E-state index contributed by atoms with van der Waals surface area (Å²) in [6.07, 6.45) is 3.20. The number of carbonyl (C=O) groups is 6. The number of cyclic esters (lactones) is 1. The van der Waals surface area contributed by atoms with Gasteiger partial charge in [0.15, 0.2) is 0 Å². The predicted octanol–water partition coefficient (Wildman–Crippen LogP) is 4.50. The molecule has 5 amide bonds. The van der Waals surface area contributed by atoms with Crippen LogP contribution in [0.4, 0.5) is 23.1 Å². The number of likely N-dealkylation sites (tertiary alicyclic amines) is 1. The third-order valence-corrected chi connectivity index (χ3v) is 13.5. The van der Waals surface area contributed by atoms with Gasteiger partial charge in [-0.15, -0.1) is 10.2 Å². The first-order valence-corrected chi connectivity index (χ1v) is 25.3. The van der Waals surface area contributed by atoms with E-state index < -0.39 is 41.3 Å². The van der Waals surface area contributed by atoms with Crippen molar-refractivity contribution in [3.63, 3.8) is 0 Å². The van der Waals surface area contributed by atoms with Gasteiger partial charge in [0.05, 0.1) is 94.2 Å². The van der Waals surface area contributed by atoms with E-state index in [0.717, 1.165) is 16.0 Å². The van der Waals surface area contributed by atoms with Gasteiger partial charge >= 0.3 is 5.97 Å². The summed E-state index contributed by atoms with van der Waals surface area (Å²) in [6.45, 7) is 7.44. The number of imide groups is 2. The number of amides is 5. The molecule has 0 radical (unpaired) electrons. The fourth-order valence-electron chi connectivity index (χ4n) is 9.45. The highest BCUT2D eigenvalue weighted by atomic mass is 16.6. The molecule has 2 atom stereocenters. The Labute approximate surface area is 437 Å². The number of anilines is 4. The molecular formula is C53H60N10O13. The summed E-state index contributed by atoms with van der Waals surface area (Å²) in [7, 11) is 0. The second kappa shape index (κ2) is 24.3. The van der Waals surface area contributed by atoms with E-state index in [4.69, 9.17) is 33.1 Å². The Balaban J connectivity index is 0.648. The van der Waals surface area contributed by atoms with Gasteiger partial charge in [-0.05, 0) is 69.0 Å². The quantitative estimate of drug-likeness (QED) is 0.0306. The summed E-state index contributed by atoms with van der Waals surface area (Å²) in [4.78, 5) is 87.8. The first-order chi connectivity index (χ1) is 36.9. The summed E-state index contributed by atoms with van der Waals surface area (Å²) in [5, 5.41) is 31.1. The lowest BCUT2D eigenvalue weighted by molar-refractivity contribution is -0.136. The van der Waals surface area contributed by atoms with Gasteiger partial charge in [0.2, 0.25) is 29.6 Å². The van der Waals surface area contributed by atoms with Crippen LogP contribution >= 0.6 is 0 Å². The fraction of sp³-hybridized carbons (Fsp3) is 0.434. The van der Waals surface area contributed by atoms with Crippen LogP contribution < -0.4 is 21.3 Å². The Morgan fingerprint density at radius 1 is 0.829 bits per heavy atom. The molecule has 76 heavy (non-hydrogen) atoms. The smallest absolute Gasteiger partial charge is 0.339 e. The number of aliphatic hydroxyl groups is 1. The summed E-state index contributed by atoms with van der Waals surface area (Å²) in [5.41, 5.74) is 3.23. The van der Waals surface area contributed by atoms with Crippen LogP contribution in [0, 0.1) is 0 Å². The highest BCUT2D eigenvalue weighted by molar-refractivity contribution is 6.25. The number of hydrogen-bond donors (Lipinski definition) is 5. The number of benzene rings is 3. The number of piperidine rings is 2. The van der Waals surface area contributed by atoms with E-state index in [-0.39, 0.29) is 73.2 Å². The zero-order valence-electron chi connectivity index (χ0n) is 42.2. The van der Waals surface area contributed by atoms with Gasteiger partial charge in [0.1, 0.15) is 17.5 Å². The maximum Gasteiger partial charge on any atom is 0.339 e. The van der Waals surface area contributed by atoms with E-state index in [0.29, 0.717) is 113 Å². The molecule has 23 heteroatoms. The standard InChI is InChI=1S/C53H60N10O13/c1-53(2)38-29-34(11-12-35(38)51(70)76-53)56-52-55-30-37(45(59-52)57-40(31-64)32-7-4-3-5-8-32)48-61-60-47(75-48)33-15-19-62(20-16-33)43(66)17-21-71-23-25-73-27-28-74-26-24-72-22-18-54-39-10-6-9-36-44(39)50(69)63(49(36)68)41-13-14-42(65)58-46(41)67/h3-12,29-30,33,40-41,54,64H,13-28,31H2,1-2H3,(H,58,65,67)(H2,55,56,57,59). The van der Waals surface area contributed by atoms with Crippen molar-refractivity contribution in [3.05, 3.63) is 107 Å². The normalized spacial score (nSPS) is 17.6. The Hall–Kier alpha value is -7.70. The monoisotopic (exact) mass is 1040 g/mol. The van der Waals surface area contributed by atoms with Gasteiger partial charge in [-0.25, -0.2) is 9.78 Å². The SMILES string of the molecule is CC1(C)OC(=O)c2ccc(Nc3ncc(-c4nnc(C5CCN(C(=O)CCOCCOCCOCCOCCNc6cccc7c6C(=O)N(C6CCC(=O)NC6=O)C7=O)CC5)o4)c(NC(CO)c4ccccc4)n3)cc21. The topological polar surface area (TPSA) is 288 Å². The van der Waals surface area contributed by atoms with Crippen LogP contribution in [-0.2, 0) is 43.7 Å². The van der Waals surface area contributed by atoms with E-state index in [2.05, 4.69) is 36.4 Å². The Kier molecular flexibility index (Phi) is 17.0. The zero-order chi connectivity index (χ0) is 53.2. The second-order valence-electron chi connectivity index (χ2n) is 18.9. The van der Waals surface area contributed by atoms with E-state index in [1.54, 1.807) is 36.5 Å². The van der Waals surface area contributed by atoms with Crippen LogP contribution in [0.3, 0.4) is 0 Å². The molecule has 400 valence electrons. The number of aliphatic hydroxyl groups excluding tert-OH is 1. The number of ether oxygens (including phenoxy) is 5. The number of nitrogens with zero attached hydrogens (tertiary/aromatic N) is 6. The van der Waals surface area contributed by atoms with Crippen molar-refractivity contribution in [3.8, 4) is 11.5 Å². The minimum atomic E-state index is -1.04. The molecule has 0 aliphatic carbocycles. The van der Waals surface area contributed by atoms with Crippen molar-refractivity contribution in [2.24, 2.45) is 0 Å². The Bertz CT molecular complexity index is 2930. The number of nitrogens with one attached hydrogen (secondary N) is 4. The molecule has 6 heterocycles. The lowest BCUT2D eigenvalue weighted by Crippen LogP contribution is -2.54. The molecule has 2 fully saturated rings. The Morgan fingerprint density at radius 2 is 1.55 bits per heavy atom. The third kappa shape index (κ3) is 12.3. The molecule has 0 spiro atoms. The van der Waals surface area contributed by atoms with Crippen LogP contribution in [0.5, 0.6) is 0 Å². The zero-order valence-corrected chi connectivity index (χ0v) is 42.2. The third-order valence-electron chi connectivity index (χ3n) is 13.5. The number of fused-ring (bicyclic) bond motifs is 2. The average molecular weight is 1050 g/mol. The predicted molar refractivity (Wildman–Crippen MR) is 271 cm³/mol. The average Bonchev–Trinajstić information content (AvgIpc) is 4.09. The number of aromatic nitrogens is 4. The number of carbonyl (C=O) groups excluding carboxylic acids is 6. The molecule has 2 saturated heterocycles. The highest BCUT2D eigenvalue weighted by Crippen LogP contribution is 2.39. The minimum Gasteiger partial charge on any atom is -0.451 e. The molecule has 0 bridgehead atoms. The number of rotatable bonds is 25. The maximum atomic E-state index is 13.3. The van der Waals surface area contributed by atoms with Crippen LogP contribution in [-0.4, -0.2) is 156 Å². The van der Waals surface area contributed by atoms with Crippen LogP contribution in [0.1, 0.15) is 106 Å². The van der Waals surface area contributed by atoms with Gasteiger partial charge in [-0.3, -0.25) is 34.2 Å². The van der Waals surface area contributed by atoms with Crippen LogP contribution in [0.15, 0.2) is 77.3 Å². The molecular weight excluding hydrogens is 985 g/mol. The summed E-state index contributed by atoms with van der Waals surface area (Å²) >= 11 is 0. The van der Waals surface area contributed by atoms with Crippen molar-refractivity contribution in [2.45, 2.75) is 69.6 Å². The van der Waals surface area contributed by atoms with E-state index in [1.165, 1.54) is 0 Å². The number of hydrogen-bond acceptors (Lipinski definition) is 20. The fourth-order valence-corrected chi connectivity index (χ4v) is 9.45. The number of esters is 1. The summed E-state index contributed by atoms with van der Waals surface area (Å²) in [5.74, 6) is -1.45. The second-order valence-corrected chi connectivity index (χ2v) is 18.9. The van der Waals surface area contributed by atoms with Crippen molar-refractivity contribution in [2.75, 3.05) is 95.0 Å². The largest absolute Gasteiger partial charge is 0.451 e. The van der Waals surface area contributed by atoms with Gasteiger partial charge in [-0.2, -0.15) is 4.98 Å². The van der Waals surface area contributed by atoms with E-state index >= 15 is 0 Å². The maximum absolute atomic E-state index is 13.3. The lowest BCUT2D eigenvalue weighted by Gasteiger charge is -2.30. The summed E-state index contributed by atoms with van der Waals surface area (Å²) in [6, 6.07) is 18.1. The van der Waals surface area contributed by atoms with Gasteiger partial charge in [0.25, 0.3) is 17.7 Å². The molecule has 2 aromatic heterocycles.